The molecule has 0 bridgehead atoms. The fourth-order valence-electron chi connectivity index (χ4n) is 1.61. The number of aromatic nitrogens is 1. The van der Waals surface area contributed by atoms with Gasteiger partial charge in [0.2, 0.25) is 0 Å². The summed E-state index contributed by atoms with van der Waals surface area (Å²) in [5.41, 5.74) is 14.1. The zero-order valence-electron chi connectivity index (χ0n) is 10.2. The van der Waals surface area contributed by atoms with Crippen LogP contribution in [0, 0.1) is 12.7 Å². The zero-order chi connectivity index (χ0) is 14.0. The molecule has 7 heteroatoms. The first-order chi connectivity index (χ1) is 9.00. The minimum Gasteiger partial charge on any atom is -0.488 e. The Morgan fingerprint density at radius 3 is 2.79 bits per heavy atom. The highest BCUT2D eigenvalue weighted by Crippen LogP contribution is 2.35. The van der Waals surface area contributed by atoms with Gasteiger partial charge in [-0.15, -0.1) is 11.3 Å². The van der Waals surface area contributed by atoms with E-state index in [-0.39, 0.29) is 22.1 Å². The molecular formula is C12H13ClFN3OS. The minimum absolute atomic E-state index is 0.0543. The third kappa shape index (κ3) is 2.90. The van der Waals surface area contributed by atoms with E-state index in [1.807, 2.05) is 6.92 Å². The Kier molecular flexibility index (Phi) is 4.11. The van der Waals surface area contributed by atoms with Crippen molar-refractivity contribution in [2.24, 2.45) is 0 Å². The number of nitrogens with two attached hydrogens (primary N) is 2. The molecule has 0 radical (unpaired) electrons. The Hall–Kier alpha value is -1.53. The summed E-state index contributed by atoms with van der Waals surface area (Å²) < 4.78 is 19.2. The van der Waals surface area contributed by atoms with Gasteiger partial charge in [-0.25, -0.2) is 9.37 Å². The first-order valence-electron chi connectivity index (χ1n) is 5.55. The fourth-order valence-corrected chi connectivity index (χ4v) is 2.51. The third-order valence-corrected chi connectivity index (χ3v) is 4.02. The molecule has 0 fully saturated rings. The van der Waals surface area contributed by atoms with E-state index in [0.29, 0.717) is 13.0 Å². The molecule has 4 N–H and O–H groups in total. The molecule has 0 aliphatic rings. The van der Waals surface area contributed by atoms with Gasteiger partial charge in [-0.3, -0.25) is 0 Å². The molecule has 0 atom stereocenters. The summed E-state index contributed by atoms with van der Waals surface area (Å²) in [6.07, 6.45) is 0.636. The van der Waals surface area contributed by atoms with Gasteiger partial charge in [0, 0.05) is 11.3 Å². The normalized spacial score (nSPS) is 10.7. The largest absolute Gasteiger partial charge is 0.488 e. The van der Waals surface area contributed by atoms with Crippen LogP contribution in [0.5, 0.6) is 5.75 Å². The van der Waals surface area contributed by atoms with Gasteiger partial charge in [0.05, 0.1) is 29.2 Å². The molecule has 0 aliphatic heterocycles. The van der Waals surface area contributed by atoms with Gasteiger partial charge in [0.25, 0.3) is 0 Å². The van der Waals surface area contributed by atoms with Crippen molar-refractivity contribution in [3.63, 3.8) is 0 Å². The number of nitrogens with zero attached hydrogens (tertiary/aromatic N) is 1. The number of halogens is 2. The van der Waals surface area contributed by atoms with E-state index >= 15 is 0 Å². The van der Waals surface area contributed by atoms with Crippen LogP contribution in [0.2, 0.25) is 5.02 Å². The van der Waals surface area contributed by atoms with E-state index in [0.717, 1.165) is 10.6 Å². The molecule has 102 valence electrons. The number of nitrogen functional groups attached to an aromatic ring is 2. The summed E-state index contributed by atoms with van der Waals surface area (Å²) in [6.45, 7) is 2.21. The first-order valence-corrected chi connectivity index (χ1v) is 6.81. The molecule has 0 amide bonds. The fraction of sp³-hybridized carbons (Fsp3) is 0.250. The average molecular weight is 302 g/mol. The lowest BCUT2D eigenvalue weighted by atomic mass is 10.2. The molecule has 0 saturated carbocycles. The highest BCUT2D eigenvalue weighted by atomic mass is 35.5. The van der Waals surface area contributed by atoms with Crippen molar-refractivity contribution in [2.75, 3.05) is 18.1 Å². The molecule has 1 aromatic heterocycles. The zero-order valence-corrected chi connectivity index (χ0v) is 11.8. The van der Waals surface area contributed by atoms with E-state index in [1.165, 1.54) is 17.4 Å². The van der Waals surface area contributed by atoms with Crippen LogP contribution in [0.3, 0.4) is 0 Å². The van der Waals surface area contributed by atoms with Gasteiger partial charge in [0.15, 0.2) is 11.6 Å². The summed E-state index contributed by atoms with van der Waals surface area (Å²) >= 11 is 7.25. The van der Waals surface area contributed by atoms with Crippen LogP contribution in [0.25, 0.3) is 0 Å². The Bertz CT molecular complexity index is 603. The van der Waals surface area contributed by atoms with E-state index < -0.39 is 5.82 Å². The van der Waals surface area contributed by atoms with Crippen molar-refractivity contribution in [1.29, 1.82) is 0 Å². The van der Waals surface area contributed by atoms with Gasteiger partial charge in [-0.1, -0.05) is 11.6 Å². The number of aryl methyl sites for hydroxylation is 1. The second kappa shape index (κ2) is 5.63. The number of rotatable bonds is 4. The number of benzene rings is 1. The molecule has 0 spiro atoms. The van der Waals surface area contributed by atoms with Gasteiger partial charge in [0.1, 0.15) is 5.02 Å². The van der Waals surface area contributed by atoms with Gasteiger partial charge in [-0.2, -0.15) is 0 Å². The number of ether oxygens (including phenoxy) is 1. The van der Waals surface area contributed by atoms with E-state index in [1.54, 1.807) is 5.51 Å². The highest BCUT2D eigenvalue weighted by molar-refractivity contribution is 7.09. The molecule has 2 rings (SSSR count). The third-order valence-electron chi connectivity index (χ3n) is 2.64. The SMILES string of the molecule is Cc1ncsc1CCOc1c(N)cc(N)c(Cl)c1F. The van der Waals surface area contributed by atoms with Crippen molar-refractivity contribution >= 4 is 34.3 Å². The molecule has 2 aromatic rings. The average Bonchev–Trinajstić information content (AvgIpc) is 2.77. The number of anilines is 2. The lowest BCUT2D eigenvalue weighted by molar-refractivity contribution is 0.308. The van der Waals surface area contributed by atoms with Crippen LogP contribution >= 0.6 is 22.9 Å². The second-order valence-electron chi connectivity index (χ2n) is 3.97. The summed E-state index contributed by atoms with van der Waals surface area (Å²) in [5, 5.41) is -0.168. The minimum atomic E-state index is -0.722. The monoisotopic (exact) mass is 301 g/mol. The molecule has 0 unspecified atom stereocenters. The molecule has 0 saturated heterocycles. The molecule has 1 aromatic carbocycles. The standard InChI is InChI=1S/C12H13ClFN3OS/c1-6-9(19-5-17-6)2-3-18-12-8(16)4-7(15)10(13)11(12)14/h4-5H,2-3,15-16H2,1H3. The quantitative estimate of drug-likeness (QED) is 0.851. The van der Waals surface area contributed by atoms with E-state index in [9.17, 15) is 4.39 Å². The van der Waals surface area contributed by atoms with Gasteiger partial charge < -0.3 is 16.2 Å². The van der Waals surface area contributed by atoms with E-state index in [4.69, 9.17) is 27.8 Å². The van der Waals surface area contributed by atoms with Crippen molar-refractivity contribution in [3.8, 4) is 5.75 Å². The summed E-state index contributed by atoms with van der Waals surface area (Å²) in [5.74, 6) is -0.776. The molecule has 19 heavy (non-hydrogen) atoms. The van der Waals surface area contributed by atoms with Crippen LogP contribution in [0.1, 0.15) is 10.6 Å². The van der Waals surface area contributed by atoms with Crippen LogP contribution in [-0.4, -0.2) is 11.6 Å². The summed E-state index contributed by atoms with van der Waals surface area (Å²) in [6, 6.07) is 1.39. The van der Waals surface area contributed by atoms with Gasteiger partial charge in [-0.05, 0) is 13.0 Å². The van der Waals surface area contributed by atoms with Gasteiger partial charge >= 0.3 is 0 Å². The summed E-state index contributed by atoms with van der Waals surface area (Å²) in [4.78, 5) is 5.23. The van der Waals surface area contributed by atoms with E-state index in [2.05, 4.69) is 4.98 Å². The second-order valence-corrected chi connectivity index (χ2v) is 5.29. The van der Waals surface area contributed by atoms with Crippen molar-refractivity contribution in [1.82, 2.24) is 4.98 Å². The number of hydrogen-bond donors (Lipinski definition) is 2. The van der Waals surface area contributed by atoms with Crippen LogP contribution in [-0.2, 0) is 6.42 Å². The van der Waals surface area contributed by atoms with Crippen molar-refractivity contribution in [3.05, 3.63) is 33.0 Å². The van der Waals surface area contributed by atoms with Crippen molar-refractivity contribution < 1.29 is 9.13 Å². The Labute approximate surface area is 119 Å². The van der Waals surface area contributed by atoms with Crippen LogP contribution < -0.4 is 16.2 Å². The number of thiazole rings is 1. The predicted octanol–water partition coefficient (Wildman–Crippen LogP) is 3.03. The lowest BCUT2D eigenvalue weighted by Gasteiger charge is -2.12. The first kappa shape index (κ1) is 13.9. The highest BCUT2D eigenvalue weighted by Gasteiger charge is 2.15. The Morgan fingerprint density at radius 1 is 1.42 bits per heavy atom. The Balaban J connectivity index is 2.08. The maximum Gasteiger partial charge on any atom is 0.187 e. The smallest absolute Gasteiger partial charge is 0.187 e. The van der Waals surface area contributed by atoms with Crippen LogP contribution in [0.15, 0.2) is 11.6 Å². The molecule has 0 aliphatic carbocycles. The molecule has 1 heterocycles. The molecule has 4 nitrogen and oxygen atoms in total. The predicted molar refractivity (Wildman–Crippen MR) is 76.3 cm³/mol. The topological polar surface area (TPSA) is 74.2 Å². The maximum absolute atomic E-state index is 13.8. The van der Waals surface area contributed by atoms with Crippen molar-refractivity contribution in [2.45, 2.75) is 13.3 Å². The molecular weight excluding hydrogens is 289 g/mol. The number of hydrogen-bond acceptors (Lipinski definition) is 5. The maximum atomic E-state index is 13.8. The lowest BCUT2D eigenvalue weighted by Crippen LogP contribution is -2.06. The van der Waals surface area contributed by atoms with Crippen LogP contribution in [0.4, 0.5) is 15.8 Å². The Morgan fingerprint density at radius 2 is 2.16 bits per heavy atom. The summed E-state index contributed by atoms with van der Waals surface area (Å²) in [7, 11) is 0.